The number of aryl methyl sites for hydroxylation is 1. The molecule has 4 N–H and O–H groups in total. The minimum Gasteiger partial charge on any atom is -0.507 e. The van der Waals surface area contributed by atoms with E-state index in [0.29, 0.717) is 11.1 Å². The number of nitrogens with one attached hydrogen (secondary N) is 1. The molecule has 4 heteroatoms. The zero-order valence-corrected chi connectivity index (χ0v) is 12.7. The summed E-state index contributed by atoms with van der Waals surface area (Å²) in [6, 6.07) is 1.82. The zero-order chi connectivity index (χ0) is 19.1. The van der Waals surface area contributed by atoms with Gasteiger partial charge >= 0.3 is 0 Å². The molecule has 0 fully saturated rings. The Labute approximate surface area is 127 Å². The minimum absolute atomic E-state index is 0.119. The molecular formula is C16H26N2O2. The predicted molar refractivity (Wildman–Crippen MR) is 82.0 cm³/mol. The van der Waals surface area contributed by atoms with E-state index < -0.39 is 18.9 Å². The molecule has 0 heterocycles. The third-order valence-corrected chi connectivity index (χ3v) is 3.32. The van der Waals surface area contributed by atoms with Crippen LogP contribution in [0.2, 0.25) is 0 Å². The second-order valence-electron chi connectivity index (χ2n) is 5.94. The van der Waals surface area contributed by atoms with Crippen LogP contribution in [0.5, 0.6) is 5.75 Å². The van der Waals surface area contributed by atoms with Crippen molar-refractivity contribution >= 4 is 5.91 Å². The quantitative estimate of drug-likeness (QED) is 0.790. The van der Waals surface area contributed by atoms with Crippen molar-refractivity contribution in [3.8, 4) is 5.75 Å². The number of nitrogens with two attached hydrogens (primary N) is 1. The SMILES string of the molecule is [2H]C([2H])(N)C([2H])([2H])NC(=O)Cc1c(C)cc(C(C)(C)C)c(O)c1C. The molecule has 1 aromatic rings. The number of carbonyl (C=O) groups is 1. The Morgan fingerprint density at radius 3 is 2.55 bits per heavy atom. The molecule has 1 rings (SSSR count). The first-order chi connectivity index (χ1) is 10.6. The van der Waals surface area contributed by atoms with Gasteiger partial charge in [0.05, 0.1) is 9.16 Å². The van der Waals surface area contributed by atoms with Gasteiger partial charge in [-0.25, -0.2) is 0 Å². The molecule has 0 saturated carbocycles. The van der Waals surface area contributed by atoms with Crippen molar-refractivity contribution in [2.24, 2.45) is 5.73 Å². The van der Waals surface area contributed by atoms with Gasteiger partial charge in [0.25, 0.3) is 0 Å². The summed E-state index contributed by atoms with van der Waals surface area (Å²) in [5.41, 5.74) is 7.58. The molecule has 0 aliphatic heterocycles. The average Bonchev–Trinajstić information content (AvgIpc) is 2.35. The van der Waals surface area contributed by atoms with Gasteiger partial charge in [-0.3, -0.25) is 4.79 Å². The number of hydrogen-bond donors (Lipinski definition) is 3. The Balaban J connectivity index is 3.14. The second kappa shape index (κ2) is 6.27. The van der Waals surface area contributed by atoms with E-state index in [1.54, 1.807) is 6.92 Å². The van der Waals surface area contributed by atoms with Gasteiger partial charge in [0.2, 0.25) is 5.91 Å². The lowest BCUT2D eigenvalue weighted by Gasteiger charge is -2.24. The molecule has 0 aromatic heterocycles. The van der Waals surface area contributed by atoms with Gasteiger partial charge in [-0.1, -0.05) is 26.8 Å². The molecule has 112 valence electrons. The van der Waals surface area contributed by atoms with Crippen LogP contribution in [0, 0.1) is 13.8 Å². The number of carbonyl (C=O) groups excluding carboxylic acids is 1. The number of amides is 1. The van der Waals surface area contributed by atoms with Crippen molar-refractivity contribution in [3.05, 3.63) is 28.3 Å². The molecule has 0 bridgehead atoms. The van der Waals surface area contributed by atoms with Gasteiger partial charge in [-0.2, -0.15) is 0 Å². The highest BCUT2D eigenvalue weighted by Gasteiger charge is 2.22. The van der Waals surface area contributed by atoms with E-state index in [0.717, 1.165) is 11.1 Å². The maximum atomic E-state index is 12.1. The number of aromatic hydroxyl groups is 1. The Morgan fingerprint density at radius 2 is 2.05 bits per heavy atom. The summed E-state index contributed by atoms with van der Waals surface area (Å²) in [5.74, 6) is -0.587. The number of phenolic OH excluding ortho intramolecular Hbond substituents is 1. The molecule has 0 spiro atoms. The molecule has 0 unspecified atom stereocenters. The molecule has 0 atom stereocenters. The standard InChI is InChI=1S/C16H26N2O2/c1-10-8-13(16(3,4)5)15(20)11(2)12(10)9-14(19)18-7-6-17/h8,20H,6-7,9,17H2,1-5H3,(H,18,19)/i6D2,7D2. The van der Waals surface area contributed by atoms with E-state index in [2.05, 4.69) is 0 Å². The normalized spacial score (nSPS) is 15.9. The Kier molecular flexibility index (Phi) is 3.49. The molecule has 20 heavy (non-hydrogen) atoms. The lowest BCUT2D eigenvalue weighted by Crippen LogP contribution is -2.30. The smallest absolute Gasteiger partial charge is 0.224 e. The van der Waals surface area contributed by atoms with E-state index in [-0.39, 0.29) is 17.6 Å². The van der Waals surface area contributed by atoms with Crippen LogP contribution in [0.3, 0.4) is 0 Å². The Bertz CT molecular complexity index is 647. The molecule has 0 aliphatic carbocycles. The van der Waals surface area contributed by atoms with Gasteiger partial charge in [0, 0.05) is 15.7 Å². The summed E-state index contributed by atoms with van der Waals surface area (Å²) in [6.45, 7) is 4.06. The number of benzene rings is 1. The van der Waals surface area contributed by atoms with Crippen molar-refractivity contribution in [2.45, 2.75) is 46.5 Å². The van der Waals surface area contributed by atoms with Crippen molar-refractivity contribution < 1.29 is 15.4 Å². The van der Waals surface area contributed by atoms with Crippen molar-refractivity contribution in [1.29, 1.82) is 0 Å². The largest absolute Gasteiger partial charge is 0.507 e. The first-order valence-corrected chi connectivity index (χ1v) is 6.50. The summed E-state index contributed by atoms with van der Waals surface area (Å²) in [7, 11) is 0. The molecule has 4 nitrogen and oxygen atoms in total. The van der Waals surface area contributed by atoms with Gasteiger partial charge in [0.1, 0.15) is 5.75 Å². The van der Waals surface area contributed by atoms with E-state index in [1.165, 1.54) is 0 Å². The first-order valence-electron chi connectivity index (χ1n) is 8.50. The van der Waals surface area contributed by atoms with E-state index >= 15 is 0 Å². The first kappa shape index (κ1) is 11.1. The molecule has 0 saturated heterocycles. The maximum absolute atomic E-state index is 12.1. The fourth-order valence-corrected chi connectivity index (χ4v) is 2.17. The molecule has 0 aliphatic rings. The Morgan fingerprint density at radius 1 is 1.45 bits per heavy atom. The van der Waals surface area contributed by atoms with Crippen LogP contribution in [0.15, 0.2) is 6.07 Å². The third kappa shape index (κ3) is 3.73. The topological polar surface area (TPSA) is 75.3 Å². The summed E-state index contributed by atoms with van der Waals surface area (Å²) in [6.07, 6.45) is -0.175. The highest BCUT2D eigenvalue weighted by Crippen LogP contribution is 2.36. The Hall–Kier alpha value is -1.55. The fraction of sp³-hybridized carbons (Fsp3) is 0.562. The molecular weight excluding hydrogens is 252 g/mol. The van der Waals surface area contributed by atoms with Gasteiger partial charge in [-0.05, 0) is 41.5 Å². The van der Waals surface area contributed by atoms with Crippen LogP contribution in [0.1, 0.15) is 48.5 Å². The zero-order valence-electron chi connectivity index (χ0n) is 16.7. The lowest BCUT2D eigenvalue weighted by molar-refractivity contribution is -0.120. The van der Waals surface area contributed by atoms with Gasteiger partial charge < -0.3 is 16.2 Å². The van der Waals surface area contributed by atoms with Crippen molar-refractivity contribution in [3.63, 3.8) is 0 Å². The number of phenols is 1. The lowest BCUT2D eigenvalue weighted by atomic mass is 9.82. The summed E-state index contributed by atoms with van der Waals surface area (Å²) in [5, 5.41) is 12.4. The second-order valence-corrected chi connectivity index (χ2v) is 5.94. The molecule has 1 aromatic carbocycles. The predicted octanol–water partition coefficient (Wildman–Crippen LogP) is 1.92. The summed E-state index contributed by atoms with van der Waals surface area (Å²) in [4.78, 5) is 12.1. The molecule has 0 radical (unpaired) electrons. The van der Waals surface area contributed by atoms with Crippen LogP contribution >= 0.6 is 0 Å². The van der Waals surface area contributed by atoms with E-state index in [4.69, 9.17) is 11.2 Å². The monoisotopic (exact) mass is 282 g/mol. The van der Waals surface area contributed by atoms with E-state index in [9.17, 15) is 9.90 Å². The molecule has 1 amide bonds. The van der Waals surface area contributed by atoms with Crippen LogP contribution < -0.4 is 11.1 Å². The van der Waals surface area contributed by atoms with Gasteiger partial charge in [0.15, 0.2) is 0 Å². The van der Waals surface area contributed by atoms with Crippen LogP contribution in [-0.4, -0.2) is 24.0 Å². The van der Waals surface area contributed by atoms with Crippen molar-refractivity contribution in [2.75, 3.05) is 13.0 Å². The van der Waals surface area contributed by atoms with E-state index in [1.807, 2.05) is 39.1 Å². The number of rotatable bonds is 4. The fourth-order valence-electron chi connectivity index (χ4n) is 2.17. The van der Waals surface area contributed by atoms with Gasteiger partial charge in [-0.15, -0.1) is 0 Å². The highest BCUT2D eigenvalue weighted by atomic mass is 16.3. The van der Waals surface area contributed by atoms with Crippen molar-refractivity contribution in [1.82, 2.24) is 5.32 Å². The summed E-state index contributed by atoms with van der Waals surface area (Å²) < 4.78 is 29.5. The highest BCUT2D eigenvalue weighted by molar-refractivity contribution is 5.79. The maximum Gasteiger partial charge on any atom is 0.224 e. The van der Waals surface area contributed by atoms with Crippen LogP contribution in [-0.2, 0) is 16.6 Å². The van der Waals surface area contributed by atoms with Crippen LogP contribution in [0.25, 0.3) is 0 Å². The third-order valence-electron chi connectivity index (χ3n) is 3.32. The van der Waals surface area contributed by atoms with Crippen LogP contribution in [0.4, 0.5) is 0 Å². The average molecular weight is 282 g/mol. The minimum atomic E-state index is -2.70. The summed E-state index contributed by atoms with van der Waals surface area (Å²) >= 11 is 0. The number of hydrogen-bond acceptors (Lipinski definition) is 3.